The van der Waals surface area contributed by atoms with Crippen molar-refractivity contribution in [1.29, 1.82) is 0 Å². The molecule has 0 atom stereocenters. The fraction of sp³-hybridized carbons (Fsp3) is 0.0556. The molecule has 132 valence electrons. The minimum Gasteiger partial charge on any atom is -0.480 e. The van der Waals surface area contributed by atoms with E-state index in [1.54, 1.807) is 6.07 Å². The van der Waals surface area contributed by atoms with Gasteiger partial charge in [0.2, 0.25) is 5.95 Å². The summed E-state index contributed by atoms with van der Waals surface area (Å²) in [5.41, 5.74) is 1.89. The monoisotopic (exact) mass is 372 g/mol. The van der Waals surface area contributed by atoms with Gasteiger partial charge >= 0.3 is 5.97 Å². The molecule has 0 aliphatic heterocycles. The molecule has 3 N–H and O–H groups in total. The number of aromatic nitrogens is 2. The molecule has 1 heterocycles. The lowest BCUT2D eigenvalue weighted by atomic mass is 10.1. The molecule has 3 rings (SSSR count). The van der Waals surface area contributed by atoms with Crippen molar-refractivity contribution >= 4 is 35.0 Å². The SMILES string of the molecule is O=C(O)CNc1nc(Nc2ccc(F)cc2Cl)cc(-c2ccccc2)n1. The zero-order valence-electron chi connectivity index (χ0n) is 13.4. The second-order valence-corrected chi connectivity index (χ2v) is 5.73. The third-order valence-corrected chi connectivity index (χ3v) is 3.70. The molecule has 26 heavy (non-hydrogen) atoms. The van der Waals surface area contributed by atoms with Crippen molar-refractivity contribution < 1.29 is 14.3 Å². The van der Waals surface area contributed by atoms with Crippen LogP contribution in [-0.4, -0.2) is 27.6 Å². The van der Waals surface area contributed by atoms with E-state index in [1.807, 2.05) is 30.3 Å². The highest BCUT2D eigenvalue weighted by Gasteiger charge is 2.10. The number of carboxylic acids is 1. The van der Waals surface area contributed by atoms with Crippen LogP contribution in [0.25, 0.3) is 11.3 Å². The first-order valence-corrected chi connectivity index (χ1v) is 8.01. The predicted molar refractivity (Wildman–Crippen MR) is 98.3 cm³/mol. The number of benzene rings is 2. The molecule has 0 saturated carbocycles. The molecular weight excluding hydrogens is 359 g/mol. The fourth-order valence-corrected chi connectivity index (χ4v) is 2.45. The van der Waals surface area contributed by atoms with Crippen LogP contribution in [0.4, 0.5) is 21.8 Å². The number of rotatable bonds is 6. The van der Waals surface area contributed by atoms with Crippen LogP contribution in [0.3, 0.4) is 0 Å². The van der Waals surface area contributed by atoms with Crippen molar-refractivity contribution in [3.63, 3.8) is 0 Å². The summed E-state index contributed by atoms with van der Waals surface area (Å²) in [5, 5.41) is 14.7. The maximum absolute atomic E-state index is 13.2. The van der Waals surface area contributed by atoms with E-state index in [2.05, 4.69) is 20.6 Å². The molecule has 3 aromatic rings. The Hall–Kier alpha value is -3.19. The molecule has 0 amide bonds. The van der Waals surface area contributed by atoms with Gasteiger partial charge in [0.15, 0.2) is 0 Å². The summed E-state index contributed by atoms with van der Waals surface area (Å²) in [7, 11) is 0. The summed E-state index contributed by atoms with van der Waals surface area (Å²) < 4.78 is 13.2. The van der Waals surface area contributed by atoms with E-state index in [1.165, 1.54) is 18.2 Å². The van der Waals surface area contributed by atoms with E-state index in [9.17, 15) is 9.18 Å². The molecule has 0 spiro atoms. The van der Waals surface area contributed by atoms with Gasteiger partial charge in [0.05, 0.1) is 16.4 Å². The van der Waals surface area contributed by atoms with Crippen molar-refractivity contribution in [2.24, 2.45) is 0 Å². The molecular formula is C18H14ClFN4O2. The second-order valence-electron chi connectivity index (χ2n) is 5.32. The number of anilines is 3. The van der Waals surface area contributed by atoms with Crippen molar-refractivity contribution in [1.82, 2.24) is 9.97 Å². The Labute approximate surface area is 153 Å². The number of carboxylic acid groups (broad SMARTS) is 1. The van der Waals surface area contributed by atoms with E-state index in [0.29, 0.717) is 17.2 Å². The van der Waals surface area contributed by atoms with Crippen LogP contribution in [0.15, 0.2) is 54.6 Å². The summed E-state index contributed by atoms with van der Waals surface area (Å²) in [6.07, 6.45) is 0. The molecule has 1 aromatic heterocycles. The van der Waals surface area contributed by atoms with Crippen molar-refractivity contribution in [2.45, 2.75) is 0 Å². The van der Waals surface area contributed by atoms with E-state index in [4.69, 9.17) is 16.7 Å². The summed E-state index contributed by atoms with van der Waals surface area (Å²) in [5.74, 6) is -0.943. The Morgan fingerprint density at radius 1 is 1.12 bits per heavy atom. The minimum atomic E-state index is -1.03. The number of nitrogens with zero attached hydrogens (tertiary/aromatic N) is 2. The van der Waals surface area contributed by atoms with Crippen LogP contribution in [0.2, 0.25) is 5.02 Å². The average Bonchev–Trinajstić information content (AvgIpc) is 2.63. The molecule has 0 aliphatic carbocycles. The van der Waals surface area contributed by atoms with Gasteiger partial charge in [-0.3, -0.25) is 4.79 Å². The Morgan fingerprint density at radius 2 is 1.88 bits per heavy atom. The number of hydrogen-bond donors (Lipinski definition) is 3. The summed E-state index contributed by atoms with van der Waals surface area (Å²) in [4.78, 5) is 19.4. The third-order valence-electron chi connectivity index (χ3n) is 3.39. The lowest BCUT2D eigenvalue weighted by Gasteiger charge is -2.12. The van der Waals surface area contributed by atoms with E-state index < -0.39 is 11.8 Å². The molecule has 2 aromatic carbocycles. The van der Waals surface area contributed by atoms with Crippen LogP contribution in [0.5, 0.6) is 0 Å². The first-order valence-electron chi connectivity index (χ1n) is 7.63. The molecule has 0 bridgehead atoms. The van der Waals surface area contributed by atoms with Gasteiger partial charge in [-0.15, -0.1) is 0 Å². The van der Waals surface area contributed by atoms with E-state index in [0.717, 1.165) is 5.56 Å². The summed E-state index contributed by atoms with van der Waals surface area (Å²) in [6.45, 7) is -0.324. The molecule has 0 aliphatic rings. The molecule has 8 heteroatoms. The number of halogens is 2. The van der Waals surface area contributed by atoms with Crippen LogP contribution in [-0.2, 0) is 4.79 Å². The topological polar surface area (TPSA) is 87.1 Å². The second kappa shape index (κ2) is 7.79. The third kappa shape index (κ3) is 4.46. The number of carbonyl (C=O) groups is 1. The van der Waals surface area contributed by atoms with E-state index in [-0.39, 0.29) is 17.5 Å². The van der Waals surface area contributed by atoms with Crippen LogP contribution < -0.4 is 10.6 Å². The Morgan fingerprint density at radius 3 is 2.58 bits per heavy atom. The molecule has 0 unspecified atom stereocenters. The smallest absolute Gasteiger partial charge is 0.322 e. The zero-order chi connectivity index (χ0) is 18.5. The first-order chi connectivity index (χ1) is 12.5. The van der Waals surface area contributed by atoms with Gasteiger partial charge in [-0.05, 0) is 18.2 Å². The molecule has 0 radical (unpaired) electrons. The zero-order valence-corrected chi connectivity index (χ0v) is 14.2. The average molecular weight is 373 g/mol. The Kier molecular flexibility index (Phi) is 5.28. The van der Waals surface area contributed by atoms with Crippen molar-refractivity contribution in [2.75, 3.05) is 17.2 Å². The molecule has 0 saturated heterocycles. The highest BCUT2D eigenvalue weighted by molar-refractivity contribution is 6.33. The first kappa shape index (κ1) is 17.6. The van der Waals surface area contributed by atoms with Gasteiger partial charge in [-0.25, -0.2) is 9.37 Å². The maximum atomic E-state index is 13.2. The molecule has 0 fully saturated rings. The van der Waals surface area contributed by atoms with Gasteiger partial charge in [0.1, 0.15) is 18.2 Å². The highest BCUT2D eigenvalue weighted by Crippen LogP contribution is 2.28. The summed E-state index contributed by atoms with van der Waals surface area (Å²) >= 11 is 6.04. The fourth-order valence-electron chi connectivity index (χ4n) is 2.23. The van der Waals surface area contributed by atoms with E-state index >= 15 is 0 Å². The van der Waals surface area contributed by atoms with Gasteiger partial charge < -0.3 is 15.7 Å². The normalized spacial score (nSPS) is 10.4. The summed E-state index contributed by atoms with van der Waals surface area (Å²) in [6, 6.07) is 15.0. The number of aliphatic carboxylic acids is 1. The maximum Gasteiger partial charge on any atom is 0.322 e. The van der Waals surface area contributed by atoms with Crippen LogP contribution >= 0.6 is 11.6 Å². The largest absolute Gasteiger partial charge is 0.480 e. The number of nitrogens with one attached hydrogen (secondary N) is 2. The standard InChI is InChI=1S/C18H14ClFN4O2/c19-13-8-12(20)6-7-14(13)22-16-9-15(11-4-2-1-3-5-11)23-18(24-16)21-10-17(25)26/h1-9H,10H2,(H,25,26)(H2,21,22,23,24). The molecule has 6 nitrogen and oxygen atoms in total. The number of hydrogen-bond acceptors (Lipinski definition) is 5. The van der Waals surface area contributed by atoms with Gasteiger partial charge in [-0.2, -0.15) is 4.98 Å². The van der Waals surface area contributed by atoms with Crippen molar-refractivity contribution in [3.8, 4) is 11.3 Å². The highest BCUT2D eigenvalue weighted by atomic mass is 35.5. The lowest BCUT2D eigenvalue weighted by molar-refractivity contribution is -0.134. The Bertz CT molecular complexity index is 938. The van der Waals surface area contributed by atoms with Gasteiger partial charge in [0.25, 0.3) is 0 Å². The van der Waals surface area contributed by atoms with Crippen molar-refractivity contribution in [3.05, 3.63) is 65.4 Å². The van der Waals surface area contributed by atoms with Crippen LogP contribution in [0.1, 0.15) is 0 Å². The minimum absolute atomic E-state index is 0.148. The van der Waals surface area contributed by atoms with Crippen LogP contribution in [0, 0.1) is 5.82 Å². The van der Waals surface area contributed by atoms with Gasteiger partial charge in [0, 0.05) is 11.6 Å². The predicted octanol–water partition coefficient (Wildman–Crippen LogP) is 4.18. The lowest BCUT2D eigenvalue weighted by Crippen LogP contribution is -2.15. The van der Waals surface area contributed by atoms with Gasteiger partial charge in [-0.1, -0.05) is 41.9 Å². The Balaban J connectivity index is 1.97. The quantitative estimate of drug-likeness (QED) is 0.601.